The molecule has 0 aliphatic rings. The Balaban J connectivity index is 0.000000399. The summed E-state index contributed by atoms with van der Waals surface area (Å²) in [6.07, 6.45) is 0. The van der Waals surface area contributed by atoms with Crippen molar-refractivity contribution in [2.24, 2.45) is 11.5 Å². The third-order valence-corrected chi connectivity index (χ3v) is 2.05. The summed E-state index contributed by atoms with van der Waals surface area (Å²) in [5, 5.41) is 0. The van der Waals surface area contributed by atoms with Crippen molar-refractivity contribution >= 4 is 11.4 Å². The standard InChI is InChI=1S/C12H12N2O.C2H8N2/c1-3-7-11(8-4-1)13-15-14-12-9-5-2-6-10-12;3-1-2-4/h1-10,13-14H;1-4H2. The van der Waals surface area contributed by atoms with Crippen LogP contribution < -0.4 is 22.4 Å². The lowest BCUT2D eigenvalue weighted by atomic mass is 10.3. The molecule has 0 amide bonds. The highest BCUT2D eigenvalue weighted by atomic mass is 16.8. The van der Waals surface area contributed by atoms with Gasteiger partial charge in [0.25, 0.3) is 0 Å². The van der Waals surface area contributed by atoms with Gasteiger partial charge < -0.3 is 11.5 Å². The average molecular weight is 260 g/mol. The van der Waals surface area contributed by atoms with Gasteiger partial charge in [-0.15, -0.1) is 0 Å². The Morgan fingerprint density at radius 2 is 1.05 bits per heavy atom. The van der Waals surface area contributed by atoms with E-state index in [-0.39, 0.29) is 0 Å². The zero-order valence-corrected chi connectivity index (χ0v) is 10.8. The van der Waals surface area contributed by atoms with Gasteiger partial charge in [0.2, 0.25) is 0 Å². The topological polar surface area (TPSA) is 85.3 Å². The molecule has 0 aliphatic heterocycles. The Hall–Kier alpha value is -2.08. The summed E-state index contributed by atoms with van der Waals surface area (Å²) in [7, 11) is 0. The molecule has 0 spiro atoms. The molecule has 0 heterocycles. The minimum Gasteiger partial charge on any atom is -0.329 e. The second-order valence-corrected chi connectivity index (χ2v) is 3.62. The van der Waals surface area contributed by atoms with Crippen LogP contribution in [0, 0.1) is 0 Å². The van der Waals surface area contributed by atoms with Crippen molar-refractivity contribution in [1.82, 2.24) is 0 Å². The van der Waals surface area contributed by atoms with Crippen LogP contribution in [0.4, 0.5) is 11.4 Å². The first-order valence-electron chi connectivity index (χ1n) is 6.05. The predicted molar refractivity (Wildman–Crippen MR) is 79.3 cm³/mol. The molecule has 0 aromatic heterocycles. The van der Waals surface area contributed by atoms with Gasteiger partial charge in [0, 0.05) is 13.1 Å². The van der Waals surface area contributed by atoms with Crippen molar-refractivity contribution in [1.29, 1.82) is 0 Å². The molecular formula is C14H20N4O. The van der Waals surface area contributed by atoms with Crippen molar-refractivity contribution in [3.8, 4) is 0 Å². The molecule has 0 saturated carbocycles. The van der Waals surface area contributed by atoms with Crippen molar-refractivity contribution in [3.05, 3.63) is 60.7 Å². The van der Waals surface area contributed by atoms with Gasteiger partial charge in [-0.25, -0.2) is 11.0 Å². The third kappa shape index (κ3) is 7.05. The van der Waals surface area contributed by atoms with Gasteiger partial charge in [0.05, 0.1) is 11.4 Å². The number of hydrogen-bond acceptors (Lipinski definition) is 5. The molecule has 0 saturated heterocycles. The van der Waals surface area contributed by atoms with E-state index < -0.39 is 0 Å². The molecule has 5 nitrogen and oxygen atoms in total. The van der Waals surface area contributed by atoms with E-state index in [1.165, 1.54) is 0 Å². The first kappa shape index (κ1) is 15.0. The molecule has 0 fully saturated rings. The molecule has 19 heavy (non-hydrogen) atoms. The summed E-state index contributed by atoms with van der Waals surface area (Å²) >= 11 is 0. The van der Waals surface area contributed by atoms with Crippen LogP contribution in [0.25, 0.3) is 0 Å². The molecule has 5 heteroatoms. The summed E-state index contributed by atoms with van der Waals surface area (Å²) in [5.74, 6) is 0. The first-order chi connectivity index (χ1) is 9.36. The summed E-state index contributed by atoms with van der Waals surface area (Å²) in [5.41, 5.74) is 17.2. The van der Waals surface area contributed by atoms with E-state index in [0.717, 1.165) is 11.4 Å². The summed E-state index contributed by atoms with van der Waals surface area (Å²) in [4.78, 5) is 5.11. The van der Waals surface area contributed by atoms with Crippen LogP contribution in [0.15, 0.2) is 60.7 Å². The fourth-order valence-electron chi connectivity index (χ4n) is 1.16. The number of anilines is 2. The van der Waals surface area contributed by atoms with E-state index in [1.807, 2.05) is 60.7 Å². The summed E-state index contributed by atoms with van der Waals surface area (Å²) in [6.45, 7) is 1.19. The van der Waals surface area contributed by atoms with Crippen LogP contribution in [0.5, 0.6) is 0 Å². The van der Waals surface area contributed by atoms with Crippen molar-refractivity contribution in [3.63, 3.8) is 0 Å². The Labute approximate surface area is 113 Å². The molecule has 0 bridgehead atoms. The molecule has 2 rings (SSSR count). The number of nitrogens with two attached hydrogens (primary N) is 2. The van der Waals surface area contributed by atoms with Gasteiger partial charge in [-0.3, -0.25) is 0 Å². The highest BCUT2D eigenvalue weighted by Gasteiger charge is 1.90. The van der Waals surface area contributed by atoms with Crippen LogP contribution in [0.3, 0.4) is 0 Å². The normalized spacial score (nSPS) is 9.16. The highest BCUT2D eigenvalue weighted by molar-refractivity contribution is 5.42. The van der Waals surface area contributed by atoms with Gasteiger partial charge in [0.15, 0.2) is 0 Å². The van der Waals surface area contributed by atoms with Crippen LogP contribution in [0.1, 0.15) is 0 Å². The van der Waals surface area contributed by atoms with Gasteiger partial charge >= 0.3 is 0 Å². The SMILES string of the molecule is NCCN.c1ccc(NONc2ccccc2)cc1. The van der Waals surface area contributed by atoms with E-state index in [1.54, 1.807) is 0 Å². The Bertz CT molecular complexity index is 380. The number of nitrogens with one attached hydrogen (secondary N) is 2. The summed E-state index contributed by atoms with van der Waals surface area (Å²) in [6, 6.07) is 19.4. The van der Waals surface area contributed by atoms with E-state index in [0.29, 0.717) is 13.1 Å². The lowest BCUT2D eigenvalue weighted by Crippen LogP contribution is -2.11. The van der Waals surface area contributed by atoms with Crippen LogP contribution in [-0.4, -0.2) is 13.1 Å². The largest absolute Gasteiger partial charge is 0.329 e. The van der Waals surface area contributed by atoms with E-state index in [4.69, 9.17) is 16.4 Å². The Morgan fingerprint density at radius 1 is 0.684 bits per heavy atom. The highest BCUT2D eigenvalue weighted by Crippen LogP contribution is 2.07. The maximum Gasteiger partial charge on any atom is 0.0629 e. The molecule has 0 aliphatic carbocycles. The van der Waals surface area contributed by atoms with Gasteiger partial charge in [-0.05, 0) is 24.3 Å². The summed E-state index contributed by atoms with van der Waals surface area (Å²) < 4.78 is 0. The van der Waals surface area contributed by atoms with Crippen molar-refractivity contribution < 1.29 is 4.94 Å². The first-order valence-corrected chi connectivity index (χ1v) is 6.05. The lowest BCUT2D eigenvalue weighted by Gasteiger charge is -2.07. The van der Waals surface area contributed by atoms with Gasteiger partial charge in [-0.1, -0.05) is 36.4 Å². The zero-order valence-electron chi connectivity index (χ0n) is 10.8. The number of benzene rings is 2. The van der Waals surface area contributed by atoms with Gasteiger partial charge in [-0.2, -0.15) is 4.94 Å². The second-order valence-electron chi connectivity index (χ2n) is 3.62. The number of rotatable bonds is 5. The van der Waals surface area contributed by atoms with E-state index >= 15 is 0 Å². The fourth-order valence-corrected chi connectivity index (χ4v) is 1.16. The zero-order chi connectivity index (χ0) is 13.8. The van der Waals surface area contributed by atoms with Crippen LogP contribution >= 0.6 is 0 Å². The fraction of sp³-hybridized carbons (Fsp3) is 0.143. The minimum absolute atomic E-state index is 0.597. The predicted octanol–water partition coefficient (Wildman–Crippen LogP) is 1.96. The molecule has 2 aromatic carbocycles. The molecule has 0 atom stereocenters. The monoisotopic (exact) mass is 260 g/mol. The molecule has 0 unspecified atom stereocenters. The van der Waals surface area contributed by atoms with Gasteiger partial charge in [0.1, 0.15) is 0 Å². The third-order valence-electron chi connectivity index (χ3n) is 2.05. The molecule has 0 radical (unpaired) electrons. The van der Waals surface area contributed by atoms with Crippen molar-refractivity contribution in [2.45, 2.75) is 0 Å². The van der Waals surface area contributed by atoms with E-state index in [2.05, 4.69) is 11.0 Å². The maximum atomic E-state index is 5.11. The molecule has 2 aromatic rings. The molecular weight excluding hydrogens is 240 g/mol. The second kappa shape index (κ2) is 9.90. The van der Waals surface area contributed by atoms with Crippen LogP contribution in [-0.2, 0) is 4.94 Å². The Morgan fingerprint density at radius 3 is 1.37 bits per heavy atom. The van der Waals surface area contributed by atoms with Crippen LogP contribution in [0.2, 0.25) is 0 Å². The van der Waals surface area contributed by atoms with E-state index in [9.17, 15) is 0 Å². The molecule has 102 valence electrons. The smallest absolute Gasteiger partial charge is 0.0629 e. The van der Waals surface area contributed by atoms with Crippen molar-refractivity contribution in [2.75, 3.05) is 24.0 Å². The quantitative estimate of drug-likeness (QED) is 0.618. The number of para-hydroxylation sites is 2. The lowest BCUT2D eigenvalue weighted by molar-refractivity contribution is 0.264. The average Bonchev–Trinajstić information content (AvgIpc) is 2.50. The number of hydrogen-bond donors (Lipinski definition) is 4. The minimum atomic E-state index is 0.597. The molecule has 6 N–H and O–H groups in total. The Kier molecular flexibility index (Phi) is 7.80. The maximum absolute atomic E-state index is 5.11.